The first-order valence-corrected chi connectivity index (χ1v) is 7.62. The summed E-state index contributed by atoms with van der Waals surface area (Å²) in [6, 6.07) is -0.306. The van der Waals surface area contributed by atoms with E-state index in [0.29, 0.717) is 18.9 Å². The van der Waals surface area contributed by atoms with Crippen molar-refractivity contribution in [2.45, 2.75) is 64.5 Å². The van der Waals surface area contributed by atoms with E-state index in [0.717, 1.165) is 25.8 Å². The average molecular weight is 300 g/mol. The number of rotatable bonds is 5. The minimum atomic E-state index is -0.860. The number of carbonyl (C=O) groups excluding carboxylic acids is 1. The number of hydrogen-bond acceptors (Lipinski definition) is 4. The van der Waals surface area contributed by atoms with Crippen molar-refractivity contribution in [3.05, 3.63) is 0 Å². The van der Waals surface area contributed by atoms with Crippen LogP contribution in [0.15, 0.2) is 0 Å². The minimum Gasteiger partial charge on any atom is -0.481 e. The molecular formula is C15H28N2O4. The van der Waals surface area contributed by atoms with Gasteiger partial charge in [-0.15, -0.1) is 0 Å². The van der Waals surface area contributed by atoms with Crippen LogP contribution in [0.2, 0.25) is 0 Å². The van der Waals surface area contributed by atoms with E-state index in [1.165, 1.54) is 0 Å². The van der Waals surface area contributed by atoms with Gasteiger partial charge >= 0.3 is 12.1 Å². The maximum atomic E-state index is 12.0. The van der Waals surface area contributed by atoms with Gasteiger partial charge in [0.25, 0.3) is 0 Å². The Morgan fingerprint density at radius 3 is 2.67 bits per heavy atom. The molecule has 2 unspecified atom stereocenters. The third-order valence-electron chi connectivity index (χ3n) is 3.55. The fourth-order valence-electron chi connectivity index (χ4n) is 2.57. The molecule has 2 atom stereocenters. The van der Waals surface area contributed by atoms with Crippen LogP contribution < -0.4 is 5.73 Å². The first-order valence-electron chi connectivity index (χ1n) is 7.62. The molecule has 21 heavy (non-hydrogen) atoms. The highest BCUT2D eigenvalue weighted by atomic mass is 16.6. The number of carboxylic acid groups (broad SMARTS) is 1. The molecule has 1 heterocycles. The van der Waals surface area contributed by atoms with Gasteiger partial charge < -0.3 is 20.5 Å². The molecule has 0 aromatic rings. The lowest BCUT2D eigenvalue weighted by atomic mass is 9.91. The molecule has 6 nitrogen and oxygen atoms in total. The lowest BCUT2D eigenvalue weighted by Crippen LogP contribution is -2.43. The Hall–Kier alpha value is -1.30. The van der Waals surface area contributed by atoms with Gasteiger partial charge in [0.05, 0.1) is 6.42 Å². The lowest BCUT2D eigenvalue weighted by Gasteiger charge is -2.34. The summed E-state index contributed by atoms with van der Waals surface area (Å²) in [5.41, 5.74) is 5.31. The van der Waals surface area contributed by atoms with Crippen LogP contribution in [0.5, 0.6) is 0 Å². The second-order valence-electron chi connectivity index (χ2n) is 6.87. The van der Waals surface area contributed by atoms with Crippen LogP contribution in [-0.2, 0) is 9.53 Å². The van der Waals surface area contributed by atoms with Crippen molar-refractivity contribution in [1.82, 2.24) is 4.90 Å². The van der Waals surface area contributed by atoms with Crippen molar-refractivity contribution >= 4 is 12.1 Å². The summed E-state index contributed by atoms with van der Waals surface area (Å²) < 4.78 is 5.39. The van der Waals surface area contributed by atoms with E-state index in [2.05, 4.69) is 0 Å². The lowest BCUT2D eigenvalue weighted by molar-refractivity contribution is -0.137. The number of likely N-dealkylation sites (tertiary alicyclic amines) is 1. The number of nitrogens with two attached hydrogens (primary N) is 1. The normalized spacial score (nSPS) is 21.0. The Balaban J connectivity index is 2.38. The van der Waals surface area contributed by atoms with Gasteiger partial charge in [-0.1, -0.05) is 0 Å². The van der Waals surface area contributed by atoms with Gasteiger partial charge in [-0.2, -0.15) is 0 Å². The highest BCUT2D eigenvalue weighted by Gasteiger charge is 2.27. The molecule has 0 bridgehead atoms. The van der Waals surface area contributed by atoms with Gasteiger partial charge in [0.1, 0.15) is 5.60 Å². The van der Waals surface area contributed by atoms with Crippen LogP contribution in [0.25, 0.3) is 0 Å². The number of carboxylic acids is 1. The van der Waals surface area contributed by atoms with E-state index in [-0.39, 0.29) is 18.6 Å². The van der Waals surface area contributed by atoms with Crippen LogP contribution in [0, 0.1) is 5.92 Å². The zero-order valence-electron chi connectivity index (χ0n) is 13.3. The molecule has 0 saturated carbocycles. The van der Waals surface area contributed by atoms with Crippen LogP contribution in [0.3, 0.4) is 0 Å². The van der Waals surface area contributed by atoms with Crippen molar-refractivity contribution in [1.29, 1.82) is 0 Å². The molecule has 3 N–H and O–H groups in total. The topological polar surface area (TPSA) is 92.9 Å². The second kappa shape index (κ2) is 7.64. The smallest absolute Gasteiger partial charge is 0.410 e. The Bertz CT molecular complexity index is 365. The van der Waals surface area contributed by atoms with Crippen LogP contribution in [0.4, 0.5) is 4.79 Å². The minimum absolute atomic E-state index is 0.00248. The number of carbonyl (C=O) groups is 2. The van der Waals surface area contributed by atoms with E-state index in [1.807, 2.05) is 20.8 Å². The SMILES string of the molecule is CC(C)(C)OC(=O)N1CCCC(CCC(N)CC(=O)O)C1. The molecule has 1 saturated heterocycles. The zero-order valence-corrected chi connectivity index (χ0v) is 13.3. The predicted molar refractivity (Wildman–Crippen MR) is 80.0 cm³/mol. The molecule has 1 aliphatic rings. The van der Waals surface area contributed by atoms with E-state index in [1.54, 1.807) is 4.90 Å². The van der Waals surface area contributed by atoms with Crippen LogP contribution in [0.1, 0.15) is 52.9 Å². The summed E-state index contributed by atoms with van der Waals surface area (Å²) in [5.74, 6) is -0.479. The van der Waals surface area contributed by atoms with Gasteiger partial charge in [-0.05, 0) is 52.4 Å². The third kappa shape index (κ3) is 7.32. The zero-order chi connectivity index (χ0) is 16.0. The molecule has 0 spiro atoms. The molecule has 122 valence electrons. The summed E-state index contributed by atoms with van der Waals surface area (Å²) in [6.07, 6.45) is 3.29. The first-order chi connectivity index (χ1) is 9.67. The number of amides is 1. The van der Waals surface area contributed by atoms with Crippen molar-refractivity contribution in [3.63, 3.8) is 0 Å². The number of hydrogen-bond donors (Lipinski definition) is 2. The van der Waals surface area contributed by atoms with Gasteiger partial charge in [0.15, 0.2) is 0 Å². The average Bonchev–Trinajstić information content (AvgIpc) is 2.34. The van der Waals surface area contributed by atoms with Crippen molar-refractivity contribution < 1.29 is 19.4 Å². The summed E-state index contributed by atoms with van der Waals surface area (Å²) in [5, 5.41) is 8.69. The summed E-state index contributed by atoms with van der Waals surface area (Å²) in [6.45, 7) is 6.98. The Morgan fingerprint density at radius 2 is 2.10 bits per heavy atom. The molecule has 1 fully saturated rings. The van der Waals surface area contributed by atoms with Gasteiger partial charge in [0, 0.05) is 19.1 Å². The number of ether oxygens (including phenoxy) is 1. The monoisotopic (exact) mass is 300 g/mol. The quantitative estimate of drug-likeness (QED) is 0.812. The molecular weight excluding hydrogens is 272 g/mol. The molecule has 0 aromatic heterocycles. The summed E-state index contributed by atoms with van der Waals surface area (Å²) in [4.78, 5) is 24.4. The highest BCUT2D eigenvalue weighted by Crippen LogP contribution is 2.23. The molecule has 1 amide bonds. The Kier molecular flexibility index (Phi) is 6.45. The Labute approximate surface area is 126 Å². The van der Waals surface area contributed by atoms with Crippen molar-refractivity contribution in [3.8, 4) is 0 Å². The maximum Gasteiger partial charge on any atom is 0.410 e. The van der Waals surface area contributed by atoms with Gasteiger partial charge in [0.2, 0.25) is 0 Å². The van der Waals surface area contributed by atoms with E-state index >= 15 is 0 Å². The van der Waals surface area contributed by atoms with Crippen LogP contribution >= 0.6 is 0 Å². The predicted octanol–water partition coefficient (Wildman–Crippen LogP) is 2.22. The fraction of sp³-hybridized carbons (Fsp3) is 0.867. The van der Waals surface area contributed by atoms with E-state index in [4.69, 9.17) is 15.6 Å². The first kappa shape index (κ1) is 17.8. The second-order valence-corrected chi connectivity index (χ2v) is 6.87. The summed E-state index contributed by atoms with van der Waals surface area (Å²) in [7, 11) is 0. The number of piperidine rings is 1. The highest BCUT2D eigenvalue weighted by molar-refractivity contribution is 5.68. The van der Waals surface area contributed by atoms with E-state index < -0.39 is 11.6 Å². The standard InChI is InChI=1S/C15H28N2O4/c1-15(2,3)21-14(20)17-8-4-5-11(10-17)6-7-12(16)9-13(18)19/h11-12H,4-10,16H2,1-3H3,(H,18,19). The maximum absolute atomic E-state index is 12.0. The molecule has 1 rings (SSSR count). The summed E-state index contributed by atoms with van der Waals surface area (Å²) >= 11 is 0. The van der Waals surface area contributed by atoms with E-state index in [9.17, 15) is 9.59 Å². The number of nitrogens with zero attached hydrogens (tertiary/aromatic N) is 1. The number of aliphatic carboxylic acids is 1. The van der Waals surface area contributed by atoms with Gasteiger partial charge in [-0.3, -0.25) is 4.79 Å². The molecule has 1 aliphatic heterocycles. The molecule has 0 radical (unpaired) electrons. The fourth-order valence-corrected chi connectivity index (χ4v) is 2.57. The van der Waals surface area contributed by atoms with Crippen molar-refractivity contribution in [2.75, 3.05) is 13.1 Å². The Morgan fingerprint density at radius 1 is 1.43 bits per heavy atom. The van der Waals surface area contributed by atoms with Gasteiger partial charge in [-0.25, -0.2) is 4.79 Å². The largest absolute Gasteiger partial charge is 0.481 e. The molecule has 6 heteroatoms. The molecule has 0 aliphatic carbocycles. The van der Waals surface area contributed by atoms with Crippen LogP contribution in [-0.4, -0.2) is 46.8 Å². The molecule has 0 aromatic carbocycles. The third-order valence-corrected chi connectivity index (χ3v) is 3.55. The van der Waals surface area contributed by atoms with Crippen molar-refractivity contribution in [2.24, 2.45) is 11.7 Å².